The summed E-state index contributed by atoms with van der Waals surface area (Å²) in [6, 6.07) is 0. The lowest BCUT2D eigenvalue weighted by Crippen LogP contribution is -2.75. The minimum atomic E-state index is -1.76. The summed E-state index contributed by atoms with van der Waals surface area (Å²) >= 11 is 0. The Morgan fingerprint density at radius 3 is 2.05 bits per heavy atom. The summed E-state index contributed by atoms with van der Waals surface area (Å²) in [6.07, 6.45) is 7.18. The van der Waals surface area contributed by atoms with Crippen LogP contribution in [0, 0.1) is 0 Å². The minimum absolute atomic E-state index is 0.0721. The van der Waals surface area contributed by atoms with E-state index in [2.05, 4.69) is 44.2 Å². The maximum Gasteiger partial charge on any atom is 0.111 e. The van der Waals surface area contributed by atoms with E-state index in [1.54, 1.807) is 0 Å². The van der Waals surface area contributed by atoms with Crippen LogP contribution < -0.4 is 0 Å². The Labute approximate surface area is 133 Å². The van der Waals surface area contributed by atoms with Gasteiger partial charge in [0.1, 0.15) is 8.07 Å². The molecule has 21 heavy (non-hydrogen) atoms. The normalized spacial score (nSPS) is 36.0. The fourth-order valence-corrected chi connectivity index (χ4v) is 11.5. The first-order chi connectivity index (χ1) is 9.96. The maximum absolute atomic E-state index is 6.64. The standard InChI is InChI=1S/C17H32O2Si2/c1-6-20(3)16(12-8-10-14-18-16)17(21(4,5)7-2)13-9-11-15-19-17/h6-7,20H,1-2,8-15H2,3-5H3. The molecule has 4 heteroatoms. The summed E-state index contributed by atoms with van der Waals surface area (Å²) in [7, 11) is -3.01. The highest BCUT2D eigenvalue weighted by Gasteiger charge is 2.63. The van der Waals surface area contributed by atoms with Crippen LogP contribution in [0.5, 0.6) is 0 Å². The van der Waals surface area contributed by atoms with Gasteiger partial charge in [0.2, 0.25) is 0 Å². The van der Waals surface area contributed by atoms with Gasteiger partial charge in [0, 0.05) is 13.2 Å². The molecule has 2 fully saturated rings. The van der Waals surface area contributed by atoms with Crippen molar-refractivity contribution in [2.24, 2.45) is 0 Å². The molecule has 2 heterocycles. The van der Waals surface area contributed by atoms with E-state index in [1.807, 2.05) is 0 Å². The topological polar surface area (TPSA) is 18.5 Å². The molecule has 0 bridgehead atoms. The molecular formula is C17H32O2Si2. The Morgan fingerprint density at radius 2 is 1.62 bits per heavy atom. The van der Waals surface area contributed by atoms with Gasteiger partial charge in [0.15, 0.2) is 0 Å². The fraction of sp³-hybridized carbons (Fsp3) is 0.765. The van der Waals surface area contributed by atoms with E-state index >= 15 is 0 Å². The van der Waals surface area contributed by atoms with Gasteiger partial charge in [-0.3, -0.25) is 0 Å². The molecule has 0 radical (unpaired) electrons. The largest absolute Gasteiger partial charge is 0.376 e. The van der Waals surface area contributed by atoms with E-state index < -0.39 is 16.9 Å². The first-order valence-corrected chi connectivity index (χ1v) is 14.0. The van der Waals surface area contributed by atoms with Crippen molar-refractivity contribution in [3.8, 4) is 0 Å². The summed E-state index contributed by atoms with van der Waals surface area (Å²) in [6.45, 7) is 17.3. The Morgan fingerprint density at radius 1 is 1.00 bits per heavy atom. The molecule has 2 nitrogen and oxygen atoms in total. The Kier molecular flexibility index (Phi) is 5.34. The van der Waals surface area contributed by atoms with E-state index in [0.717, 1.165) is 26.1 Å². The lowest BCUT2D eigenvalue weighted by molar-refractivity contribution is -0.165. The predicted octanol–water partition coefficient (Wildman–Crippen LogP) is 3.96. The lowest BCUT2D eigenvalue weighted by Gasteiger charge is -2.60. The molecule has 2 aliphatic rings. The SMILES string of the molecule is C=C[SiH](C)C1(C2([Si](C)(C)C=C)CCCCO2)CCCCO1. The molecule has 3 atom stereocenters. The van der Waals surface area contributed by atoms with Crippen LogP contribution in [0.25, 0.3) is 0 Å². The molecule has 0 spiro atoms. The average molecular weight is 325 g/mol. The van der Waals surface area contributed by atoms with Crippen LogP contribution in [-0.4, -0.2) is 40.5 Å². The molecule has 0 aliphatic carbocycles. The van der Waals surface area contributed by atoms with Crippen LogP contribution in [0.15, 0.2) is 24.6 Å². The van der Waals surface area contributed by atoms with Gasteiger partial charge in [-0.2, -0.15) is 0 Å². The second-order valence-electron chi connectivity index (χ2n) is 7.28. The average Bonchev–Trinajstić information content (AvgIpc) is 2.55. The molecule has 0 aromatic carbocycles. The van der Waals surface area contributed by atoms with Crippen molar-refractivity contribution in [3.05, 3.63) is 24.6 Å². The number of hydrogen-bond acceptors (Lipinski definition) is 2. The molecule has 0 aromatic heterocycles. The Hall–Kier alpha value is -0.166. The minimum Gasteiger partial charge on any atom is -0.376 e. The zero-order valence-electron chi connectivity index (χ0n) is 14.1. The fourth-order valence-electron chi connectivity index (χ4n) is 4.40. The first kappa shape index (κ1) is 17.2. The summed E-state index contributed by atoms with van der Waals surface area (Å²) in [5.41, 5.74) is 4.43. The van der Waals surface area contributed by atoms with Crippen molar-refractivity contribution in [3.63, 3.8) is 0 Å². The molecule has 2 saturated heterocycles. The Balaban J connectivity index is 2.54. The van der Waals surface area contributed by atoms with Gasteiger partial charge in [0.25, 0.3) is 0 Å². The van der Waals surface area contributed by atoms with Crippen molar-refractivity contribution in [1.29, 1.82) is 0 Å². The number of ether oxygens (including phenoxy) is 2. The molecule has 120 valence electrons. The van der Waals surface area contributed by atoms with Crippen LogP contribution in [0.4, 0.5) is 0 Å². The smallest absolute Gasteiger partial charge is 0.111 e. The van der Waals surface area contributed by atoms with Crippen LogP contribution in [-0.2, 0) is 9.47 Å². The monoisotopic (exact) mass is 324 g/mol. The maximum atomic E-state index is 6.64. The summed E-state index contributed by atoms with van der Waals surface area (Å²) in [5.74, 6) is 0. The number of rotatable bonds is 5. The second-order valence-corrected chi connectivity index (χ2v) is 14.9. The second kappa shape index (κ2) is 6.53. The van der Waals surface area contributed by atoms with Crippen LogP contribution >= 0.6 is 0 Å². The third-order valence-electron chi connectivity index (χ3n) is 5.90. The van der Waals surface area contributed by atoms with Gasteiger partial charge in [-0.25, -0.2) is 0 Å². The van der Waals surface area contributed by atoms with E-state index in [1.165, 1.54) is 25.7 Å². The van der Waals surface area contributed by atoms with Crippen molar-refractivity contribution < 1.29 is 9.47 Å². The van der Waals surface area contributed by atoms with Crippen molar-refractivity contribution in [2.75, 3.05) is 13.2 Å². The Bertz CT molecular complexity index is 380. The summed E-state index contributed by atoms with van der Waals surface area (Å²) in [4.78, 5) is 0. The predicted molar refractivity (Wildman–Crippen MR) is 96.0 cm³/mol. The van der Waals surface area contributed by atoms with E-state index in [9.17, 15) is 0 Å². The van der Waals surface area contributed by atoms with E-state index in [0.29, 0.717) is 0 Å². The van der Waals surface area contributed by atoms with Gasteiger partial charge >= 0.3 is 0 Å². The highest BCUT2D eigenvalue weighted by atomic mass is 28.3. The third-order valence-corrected chi connectivity index (χ3v) is 13.2. The van der Waals surface area contributed by atoms with Crippen LogP contribution in [0.1, 0.15) is 38.5 Å². The molecule has 2 rings (SSSR count). The van der Waals surface area contributed by atoms with Gasteiger partial charge < -0.3 is 9.47 Å². The molecular weight excluding hydrogens is 292 g/mol. The van der Waals surface area contributed by atoms with E-state index in [-0.39, 0.29) is 10.4 Å². The van der Waals surface area contributed by atoms with Crippen molar-refractivity contribution in [2.45, 2.75) is 68.6 Å². The molecule has 2 aliphatic heterocycles. The first-order valence-electron chi connectivity index (χ1n) is 8.50. The van der Waals surface area contributed by atoms with Crippen LogP contribution in [0.3, 0.4) is 0 Å². The molecule has 0 saturated carbocycles. The number of hydrogen-bond donors (Lipinski definition) is 0. The third kappa shape index (κ3) is 2.65. The zero-order valence-corrected chi connectivity index (χ0v) is 16.3. The highest BCUT2D eigenvalue weighted by molar-refractivity contribution is 6.86. The summed E-state index contributed by atoms with van der Waals surface area (Å²) in [5, 5.41) is -0.169. The van der Waals surface area contributed by atoms with Gasteiger partial charge in [-0.1, -0.05) is 25.3 Å². The molecule has 0 N–H and O–H groups in total. The van der Waals surface area contributed by atoms with Gasteiger partial charge in [0.05, 0.1) is 19.2 Å². The van der Waals surface area contributed by atoms with Crippen molar-refractivity contribution >= 4 is 16.9 Å². The van der Waals surface area contributed by atoms with Gasteiger partial charge in [-0.05, 0) is 38.5 Å². The lowest BCUT2D eigenvalue weighted by atomic mass is 9.96. The zero-order chi connectivity index (χ0) is 15.6. The van der Waals surface area contributed by atoms with Crippen LogP contribution in [0.2, 0.25) is 19.6 Å². The highest BCUT2D eigenvalue weighted by Crippen LogP contribution is 2.49. The quantitative estimate of drug-likeness (QED) is 0.713. The van der Waals surface area contributed by atoms with Crippen molar-refractivity contribution in [1.82, 2.24) is 0 Å². The van der Waals surface area contributed by atoms with Gasteiger partial charge in [-0.15, -0.1) is 18.9 Å². The molecule has 3 unspecified atom stereocenters. The summed E-state index contributed by atoms with van der Waals surface area (Å²) < 4.78 is 13.2. The van der Waals surface area contributed by atoms with E-state index in [4.69, 9.17) is 9.47 Å². The molecule has 0 aromatic rings. The molecule has 0 amide bonds.